The van der Waals surface area contributed by atoms with E-state index in [9.17, 15) is 31.2 Å². The Kier molecular flexibility index (Phi) is 10.3. The first kappa shape index (κ1) is 30.7. The molecule has 2 aromatic rings. The molecule has 204 valence electrons. The molecule has 0 saturated carbocycles. The van der Waals surface area contributed by atoms with Crippen LogP contribution in [0, 0.1) is 5.92 Å². The monoisotopic (exact) mass is 581 g/mol. The number of carbonyl (C=O) groups is 2. The minimum Gasteiger partial charge on any atom is -0.354 e. The zero-order chi connectivity index (χ0) is 28.1. The van der Waals surface area contributed by atoms with Gasteiger partial charge in [0.1, 0.15) is 12.6 Å². The number of amides is 2. The molecule has 1 atom stereocenters. The van der Waals surface area contributed by atoms with Gasteiger partial charge in [-0.3, -0.25) is 13.9 Å². The van der Waals surface area contributed by atoms with Gasteiger partial charge in [-0.25, -0.2) is 8.42 Å². The van der Waals surface area contributed by atoms with Crippen molar-refractivity contribution in [3.8, 4) is 0 Å². The third kappa shape index (κ3) is 8.79. The van der Waals surface area contributed by atoms with E-state index < -0.39 is 56.9 Å². The van der Waals surface area contributed by atoms with Crippen LogP contribution in [0.25, 0.3) is 0 Å². The van der Waals surface area contributed by atoms with Gasteiger partial charge >= 0.3 is 6.18 Å². The van der Waals surface area contributed by atoms with E-state index in [1.54, 1.807) is 24.3 Å². The SMILES string of the molecule is CC(C)CNC(=O)[C@H](C)N(Cc1cccc(Cl)c1)C(=O)CN(c1ccc(Cl)c(C(F)(F)F)c1)S(C)(=O)=O. The zero-order valence-corrected chi connectivity index (χ0v) is 23.0. The van der Waals surface area contributed by atoms with Gasteiger partial charge in [-0.2, -0.15) is 13.2 Å². The first-order valence-electron chi connectivity index (χ1n) is 11.2. The Morgan fingerprint density at radius 1 is 1.05 bits per heavy atom. The van der Waals surface area contributed by atoms with Crippen molar-refractivity contribution in [1.29, 1.82) is 0 Å². The van der Waals surface area contributed by atoms with Crippen molar-refractivity contribution in [3.05, 3.63) is 63.6 Å². The van der Waals surface area contributed by atoms with Crippen LogP contribution in [0.4, 0.5) is 18.9 Å². The fourth-order valence-corrected chi connectivity index (χ4v) is 4.65. The van der Waals surface area contributed by atoms with E-state index >= 15 is 0 Å². The summed E-state index contributed by atoms with van der Waals surface area (Å²) >= 11 is 11.7. The number of anilines is 1. The van der Waals surface area contributed by atoms with Crippen LogP contribution in [0.5, 0.6) is 0 Å². The minimum atomic E-state index is -4.85. The number of benzene rings is 2. The molecule has 0 aliphatic heterocycles. The molecule has 2 aromatic carbocycles. The van der Waals surface area contributed by atoms with Crippen LogP contribution in [-0.4, -0.2) is 50.5 Å². The summed E-state index contributed by atoms with van der Waals surface area (Å²) in [6.07, 6.45) is -4.08. The van der Waals surface area contributed by atoms with E-state index in [0.29, 0.717) is 27.5 Å². The van der Waals surface area contributed by atoms with Crippen LogP contribution in [0.15, 0.2) is 42.5 Å². The van der Waals surface area contributed by atoms with E-state index in [4.69, 9.17) is 23.2 Å². The predicted octanol–water partition coefficient (Wildman–Crippen LogP) is 4.97. The summed E-state index contributed by atoms with van der Waals surface area (Å²) in [4.78, 5) is 27.4. The smallest absolute Gasteiger partial charge is 0.354 e. The van der Waals surface area contributed by atoms with Gasteiger partial charge in [0.05, 0.1) is 22.5 Å². The molecule has 0 aliphatic rings. The Morgan fingerprint density at radius 3 is 2.24 bits per heavy atom. The largest absolute Gasteiger partial charge is 0.417 e. The Bertz CT molecular complexity index is 1240. The van der Waals surface area contributed by atoms with Gasteiger partial charge in [0, 0.05) is 18.1 Å². The summed E-state index contributed by atoms with van der Waals surface area (Å²) < 4.78 is 65.9. The molecule has 2 amide bonds. The predicted molar refractivity (Wildman–Crippen MR) is 138 cm³/mol. The molecule has 0 unspecified atom stereocenters. The highest BCUT2D eigenvalue weighted by Crippen LogP contribution is 2.37. The maximum absolute atomic E-state index is 13.5. The molecular formula is C24H28Cl2F3N3O4S. The van der Waals surface area contributed by atoms with Crippen LogP contribution in [0.1, 0.15) is 31.9 Å². The molecule has 13 heteroatoms. The van der Waals surface area contributed by atoms with E-state index in [1.165, 1.54) is 6.92 Å². The molecule has 37 heavy (non-hydrogen) atoms. The number of rotatable bonds is 10. The van der Waals surface area contributed by atoms with E-state index in [-0.39, 0.29) is 12.5 Å². The molecule has 0 aromatic heterocycles. The lowest BCUT2D eigenvalue weighted by Gasteiger charge is -2.32. The van der Waals surface area contributed by atoms with Crippen molar-refractivity contribution in [1.82, 2.24) is 10.2 Å². The first-order valence-corrected chi connectivity index (χ1v) is 13.8. The molecule has 2 rings (SSSR count). The second kappa shape index (κ2) is 12.4. The summed E-state index contributed by atoms with van der Waals surface area (Å²) in [5.74, 6) is -1.14. The molecule has 0 bridgehead atoms. The molecule has 7 nitrogen and oxygen atoms in total. The van der Waals surface area contributed by atoms with Crippen molar-refractivity contribution in [3.63, 3.8) is 0 Å². The zero-order valence-electron chi connectivity index (χ0n) is 20.6. The molecule has 0 heterocycles. The van der Waals surface area contributed by atoms with Crippen molar-refractivity contribution < 1.29 is 31.2 Å². The van der Waals surface area contributed by atoms with Crippen molar-refractivity contribution in [2.75, 3.05) is 23.7 Å². The number of nitrogens with zero attached hydrogens (tertiary/aromatic N) is 2. The van der Waals surface area contributed by atoms with E-state index in [1.807, 2.05) is 13.8 Å². The minimum absolute atomic E-state index is 0.0956. The second-order valence-corrected chi connectivity index (χ2v) is 11.6. The van der Waals surface area contributed by atoms with E-state index in [2.05, 4.69) is 5.32 Å². The van der Waals surface area contributed by atoms with Crippen molar-refractivity contribution in [2.45, 2.75) is 39.5 Å². The number of hydrogen-bond acceptors (Lipinski definition) is 4. The van der Waals surface area contributed by atoms with Crippen LogP contribution < -0.4 is 9.62 Å². The highest BCUT2D eigenvalue weighted by Gasteiger charge is 2.35. The lowest BCUT2D eigenvalue weighted by molar-refractivity contribution is -0.139. The fourth-order valence-electron chi connectivity index (χ4n) is 3.37. The molecule has 0 saturated heterocycles. The van der Waals surface area contributed by atoms with Crippen LogP contribution >= 0.6 is 23.2 Å². The fraction of sp³-hybridized carbons (Fsp3) is 0.417. The average molecular weight is 582 g/mol. The highest BCUT2D eigenvalue weighted by molar-refractivity contribution is 7.92. The average Bonchev–Trinajstić information content (AvgIpc) is 2.77. The Balaban J connectivity index is 2.46. The summed E-state index contributed by atoms with van der Waals surface area (Å²) in [5.41, 5.74) is -1.07. The summed E-state index contributed by atoms with van der Waals surface area (Å²) in [5, 5.41) is 2.50. The molecule has 0 radical (unpaired) electrons. The van der Waals surface area contributed by atoms with Gasteiger partial charge in [-0.1, -0.05) is 49.2 Å². The van der Waals surface area contributed by atoms with Crippen LogP contribution in [0.3, 0.4) is 0 Å². The van der Waals surface area contributed by atoms with Crippen LogP contribution in [-0.2, 0) is 32.3 Å². The number of alkyl halides is 3. The molecule has 0 aliphatic carbocycles. The van der Waals surface area contributed by atoms with E-state index in [0.717, 1.165) is 23.3 Å². The number of sulfonamides is 1. The number of hydrogen-bond donors (Lipinski definition) is 1. The van der Waals surface area contributed by atoms with Gasteiger partial charge in [0.25, 0.3) is 0 Å². The highest BCUT2D eigenvalue weighted by atomic mass is 35.5. The van der Waals surface area contributed by atoms with Gasteiger partial charge < -0.3 is 10.2 Å². The normalized spacial score (nSPS) is 12.8. The standard InChI is InChI=1S/C24H28Cl2F3N3O4S/c1-15(2)12-30-23(34)16(3)31(13-17-6-5-7-18(25)10-17)22(33)14-32(37(4,35)36)19-8-9-21(26)20(11-19)24(27,28)29/h5-11,15-16H,12-14H2,1-4H3,(H,30,34)/t16-/m0/s1. The molecule has 0 spiro atoms. The quantitative estimate of drug-likeness (QED) is 0.429. The molecular weight excluding hydrogens is 554 g/mol. The lowest BCUT2D eigenvalue weighted by atomic mass is 10.1. The lowest BCUT2D eigenvalue weighted by Crippen LogP contribution is -2.51. The van der Waals surface area contributed by atoms with Crippen molar-refractivity contribution in [2.24, 2.45) is 5.92 Å². The summed E-state index contributed by atoms with van der Waals surface area (Å²) in [7, 11) is -4.21. The Hall–Kier alpha value is -2.50. The van der Waals surface area contributed by atoms with Crippen LogP contribution in [0.2, 0.25) is 10.0 Å². The molecule has 1 N–H and O–H groups in total. The Labute approximate surface area is 224 Å². The Morgan fingerprint density at radius 2 is 1.70 bits per heavy atom. The number of nitrogens with one attached hydrogen (secondary N) is 1. The topological polar surface area (TPSA) is 86.8 Å². The number of halogens is 5. The maximum atomic E-state index is 13.5. The molecule has 0 fully saturated rings. The van der Waals surface area contributed by atoms with Gasteiger partial charge in [-0.05, 0) is 48.7 Å². The number of carbonyl (C=O) groups excluding carboxylic acids is 2. The maximum Gasteiger partial charge on any atom is 0.417 e. The van der Waals surface area contributed by atoms with Gasteiger partial charge in [0.2, 0.25) is 21.8 Å². The summed E-state index contributed by atoms with van der Waals surface area (Å²) in [6, 6.07) is 8.07. The summed E-state index contributed by atoms with van der Waals surface area (Å²) in [6.45, 7) is 4.67. The third-order valence-electron chi connectivity index (χ3n) is 5.32. The first-order chi connectivity index (χ1) is 17.0. The van der Waals surface area contributed by atoms with Gasteiger partial charge in [-0.15, -0.1) is 0 Å². The van der Waals surface area contributed by atoms with Crippen molar-refractivity contribution >= 4 is 50.7 Å². The third-order valence-corrected chi connectivity index (χ3v) is 7.02. The second-order valence-electron chi connectivity index (χ2n) is 8.90. The van der Waals surface area contributed by atoms with Gasteiger partial charge in [0.15, 0.2) is 0 Å².